The van der Waals surface area contributed by atoms with Gasteiger partial charge >= 0.3 is 0 Å². The molecule has 0 saturated heterocycles. The number of rotatable bonds is 3. The summed E-state index contributed by atoms with van der Waals surface area (Å²) in [5.41, 5.74) is 0. The van der Waals surface area contributed by atoms with Crippen LogP contribution in [0.4, 0.5) is 0 Å². The highest BCUT2D eigenvalue weighted by molar-refractivity contribution is 7.99. The third-order valence-corrected chi connectivity index (χ3v) is 1.64. The van der Waals surface area contributed by atoms with Crippen molar-refractivity contribution < 1.29 is 4.74 Å². The van der Waals surface area contributed by atoms with E-state index < -0.39 is 0 Å². The highest BCUT2D eigenvalue weighted by atomic mass is 32.2. The van der Waals surface area contributed by atoms with Crippen molar-refractivity contribution in [3.05, 3.63) is 12.4 Å². The first-order valence-corrected chi connectivity index (χ1v) is 3.53. The molecule has 1 N–H and O–H groups in total. The van der Waals surface area contributed by atoms with Gasteiger partial charge in [0.2, 0.25) is 0 Å². The molecule has 1 rings (SSSR count). The van der Waals surface area contributed by atoms with Crippen LogP contribution < -0.4 is 0 Å². The zero-order chi connectivity index (χ0) is 6.53. The zero-order valence-corrected chi connectivity index (χ0v) is 5.94. The smallest absolute Gasteiger partial charge is 0.167 e. The molecule has 4 heteroatoms. The number of methoxy groups -OCH3 is 1. The van der Waals surface area contributed by atoms with E-state index in [9.17, 15) is 0 Å². The lowest BCUT2D eigenvalue weighted by atomic mass is 11.0. The molecule has 0 atom stereocenters. The summed E-state index contributed by atoms with van der Waals surface area (Å²) in [7, 11) is 1.66. The minimum atomic E-state index is 0.646. The molecule has 1 aromatic rings. The topological polar surface area (TPSA) is 37.9 Å². The number of hydrogen-bond acceptors (Lipinski definition) is 3. The van der Waals surface area contributed by atoms with Crippen LogP contribution in [0.2, 0.25) is 0 Å². The Hall–Kier alpha value is -0.480. The molecule has 9 heavy (non-hydrogen) atoms. The van der Waals surface area contributed by atoms with Crippen molar-refractivity contribution in [2.45, 2.75) is 5.16 Å². The average Bonchev–Trinajstić information content (AvgIpc) is 2.34. The van der Waals surface area contributed by atoms with E-state index in [1.54, 1.807) is 19.5 Å². The fourth-order valence-electron chi connectivity index (χ4n) is 0.444. The molecule has 0 radical (unpaired) electrons. The van der Waals surface area contributed by atoms with Crippen LogP contribution in [-0.4, -0.2) is 23.0 Å². The lowest BCUT2D eigenvalue weighted by Crippen LogP contribution is -1.81. The second kappa shape index (κ2) is 3.53. The summed E-state index contributed by atoms with van der Waals surface area (Å²) in [6, 6.07) is 0. The summed E-state index contributed by atoms with van der Waals surface area (Å²) in [6.07, 6.45) is 3.51. The predicted molar refractivity (Wildman–Crippen MR) is 36.3 cm³/mol. The number of thioether (sulfide) groups is 1. The monoisotopic (exact) mass is 144 g/mol. The van der Waals surface area contributed by atoms with Crippen molar-refractivity contribution in [1.82, 2.24) is 9.97 Å². The second-order valence-electron chi connectivity index (χ2n) is 1.45. The molecule has 0 aliphatic rings. The lowest BCUT2D eigenvalue weighted by molar-refractivity contribution is 0.258. The molecule has 0 aromatic carbocycles. The molecule has 0 unspecified atom stereocenters. The van der Waals surface area contributed by atoms with E-state index in [4.69, 9.17) is 4.74 Å². The summed E-state index contributed by atoms with van der Waals surface area (Å²) in [5, 5.41) is 0.900. The maximum absolute atomic E-state index is 4.82. The van der Waals surface area contributed by atoms with E-state index in [0.29, 0.717) is 5.94 Å². The Morgan fingerprint density at radius 1 is 1.89 bits per heavy atom. The van der Waals surface area contributed by atoms with E-state index in [0.717, 1.165) is 5.16 Å². The number of H-pyrrole nitrogens is 1. The molecular formula is C5H8N2OS. The van der Waals surface area contributed by atoms with Gasteiger partial charge in [0.25, 0.3) is 0 Å². The fraction of sp³-hybridized carbons (Fsp3) is 0.400. The summed E-state index contributed by atoms with van der Waals surface area (Å²) < 4.78 is 4.82. The van der Waals surface area contributed by atoms with Crippen LogP contribution in [0.5, 0.6) is 0 Å². The van der Waals surface area contributed by atoms with E-state index in [1.807, 2.05) is 0 Å². The Bertz CT molecular complexity index is 152. The van der Waals surface area contributed by atoms with Crippen molar-refractivity contribution in [2.75, 3.05) is 13.0 Å². The molecule has 0 amide bonds. The maximum Gasteiger partial charge on any atom is 0.167 e. The third-order valence-electron chi connectivity index (χ3n) is 0.787. The molecule has 0 bridgehead atoms. The Kier molecular flexibility index (Phi) is 2.60. The van der Waals surface area contributed by atoms with Gasteiger partial charge in [0, 0.05) is 19.5 Å². The average molecular weight is 144 g/mol. The van der Waals surface area contributed by atoms with Gasteiger partial charge in [-0.25, -0.2) is 4.98 Å². The van der Waals surface area contributed by atoms with Crippen molar-refractivity contribution in [1.29, 1.82) is 0 Å². The molecule has 0 spiro atoms. The largest absolute Gasteiger partial charge is 0.374 e. The van der Waals surface area contributed by atoms with Crippen LogP contribution >= 0.6 is 11.8 Å². The van der Waals surface area contributed by atoms with Crippen molar-refractivity contribution in [2.24, 2.45) is 0 Å². The standard InChI is InChI=1S/C5H8N2OS/c1-8-4-9-5-6-2-3-7-5/h2-3H,4H2,1H3,(H,6,7). The third kappa shape index (κ3) is 2.07. The van der Waals surface area contributed by atoms with Gasteiger partial charge in [0.1, 0.15) is 0 Å². The van der Waals surface area contributed by atoms with Crippen LogP contribution in [0.1, 0.15) is 0 Å². The van der Waals surface area contributed by atoms with Gasteiger partial charge < -0.3 is 9.72 Å². The first-order valence-electron chi connectivity index (χ1n) is 2.54. The number of nitrogens with one attached hydrogen (secondary N) is 1. The number of ether oxygens (including phenoxy) is 1. The molecular weight excluding hydrogens is 136 g/mol. The van der Waals surface area contributed by atoms with Gasteiger partial charge in [0.15, 0.2) is 5.16 Å². The number of hydrogen-bond donors (Lipinski definition) is 1. The zero-order valence-electron chi connectivity index (χ0n) is 5.13. The van der Waals surface area contributed by atoms with Crippen LogP contribution in [0, 0.1) is 0 Å². The van der Waals surface area contributed by atoms with E-state index >= 15 is 0 Å². The highest BCUT2D eigenvalue weighted by Crippen LogP contribution is 2.09. The van der Waals surface area contributed by atoms with Gasteiger partial charge in [0.05, 0.1) is 5.94 Å². The Morgan fingerprint density at radius 2 is 2.78 bits per heavy atom. The minimum Gasteiger partial charge on any atom is -0.374 e. The second-order valence-corrected chi connectivity index (χ2v) is 2.36. The Balaban J connectivity index is 2.30. The number of nitrogens with zero attached hydrogens (tertiary/aromatic N) is 1. The molecule has 0 aliphatic heterocycles. The van der Waals surface area contributed by atoms with E-state index in [-0.39, 0.29) is 0 Å². The van der Waals surface area contributed by atoms with Crippen LogP contribution in [-0.2, 0) is 4.74 Å². The molecule has 1 aromatic heterocycles. The van der Waals surface area contributed by atoms with Gasteiger partial charge in [-0.1, -0.05) is 11.8 Å². The van der Waals surface area contributed by atoms with Crippen LogP contribution in [0.25, 0.3) is 0 Å². The molecule has 0 aliphatic carbocycles. The quantitative estimate of drug-likeness (QED) is 0.510. The normalized spacial score (nSPS) is 9.89. The van der Waals surface area contributed by atoms with E-state index in [2.05, 4.69) is 9.97 Å². The van der Waals surface area contributed by atoms with Crippen molar-refractivity contribution in [3.8, 4) is 0 Å². The SMILES string of the molecule is COCSc1ncc[nH]1. The van der Waals surface area contributed by atoms with Crippen LogP contribution in [0.15, 0.2) is 17.6 Å². The summed E-state index contributed by atoms with van der Waals surface area (Å²) in [6.45, 7) is 0. The molecule has 0 saturated carbocycles. The van der Waals surface area contributed by atoms with Gasteiger partial charge in [-0.15, -0.1) is 0 Å². The summed E-state index contributed by atoms with van der Waals surface area (Å²) in [4.78, 5) is 6.92. The Labute approximate surface area is 57.8 Å². The maximum atomic E-state index is 4.82. The first kappa shape index (κ1) is 6.64. The Morgan fingerprint density at radius 3 is 3.33 bits per heavy atom. The highest BCUT2D eigenvalue weighted by Gasteiger charge is 1.91. The summed E-state index contributed by atoms with van der Waals surface area (Å²) >= 11 is 1.54. The molecule has 50 valence electrons. The van der Waals surface area contributed by atoms with Gasteiger partial charge in [-0.3, -0.25) is 0 Å². The summed E-state index contributed by atoms with van der Waals surface area (Å²) in [5.74, 6) is 0.646. The van der Waals surface area contributed by atoms with Crippen molar-refractivity contribution >= 4 is 11.8 Å². The molecule has 3 nitrogen and oxygen atoms in total. The molecule has 1 heterocycles. The van der Waals surface area contributed by atoms with Gasteiger partial charge in [-0.2, -0.15) is 0 Å². The number of aromatic nitrogens is 2. The fourth-order valence-corrected chi connectivity index (χ4v) is 0.961. The minimum absolute atomic E-state index is 0.646. The lowest BCUT2D eigenvalue weighted by Gasteiger charge is -1.91. The van der Waals surface area contributed by atoms with E-state index in [1.165, 1.54) is 11.8 Å². The predicted octanol–water partition coefficient (Wildman–Crippen LogP) is 1.11. The van der Waals surface area contributed by atoms with Gasteiger partial charge in [-0.05, 0) is 0 Å². The first-order chi connectivity index (χ1) is 4.43. The van der Waals surface area contributed by atoms with Crippen LogP contribution in [0.3, 0.4) is 0 Å². The number of aromatic amines is 1. The molecule has 0 fully saturated rings. The number of imidazole rings is 1. The van der Waals surface area contributed by atoms with Crippen molar-refractivity contribution in [3.63, 3.8) is 0 Å².